The molecule has 101 heavy (non-hydrogen) atoms. The van der Waals surface area contributed by atoms with Crippen molar-refractivity contribution in [1.29, 1.82) is 0 Å². The molecule has 0 rings (SSSR count). The molecule has 0 radical (unpaired) electrons. The van der Waals surface area contributed by atoms with Crippen molar-refractivity contribution >= 4 is 17.9 Å². The average molecular weight is 1410 g/mol. The Kier molecular flexibility index (Phi) is 78.3. The Balaban J connectivity index is 3.96. The molecule has 0 aromatic rings. The van der Waals surface area contributed by atoms with Gasteiger partial charge in [-0.25, -0.2) is 0 Å². The monoisotopic (exact) mass is 1410 g/mol. The lowest BCUT2D eigenvalue weighted by Gasteiger charge is -2.26. The summed E-state index contributed by atoms with van der Waals surface area (Å²) in [7, 11) is 5.95. The van der Waals surface area contributed by atoms with E-state index in [1.165, 1.54) is 283 Å². The first-order chi connectivity index (χ1) is 49.6. The van der Waals surface area contributed by atoms with E-state index in [2.05, 4.69) is 123 Å². The maximum Gasteiger partial charge on any atom is 0.306 e. The van der Waals surface area contributed by atoms with Crippen molar-refractivity contribution in [3.05, 3.63) is 109 Å². The van der Waals surface area contributed by atoms with Gasteiger partial charge in [0.05, 0.1) is 40.3 Å². The lowest BCUT2D eigenvalue weighted by Crippen LogP contribution is -2.44. The molecule has 0 amide bonds. The number of quaternary nitrogens is 1. The van der Waals surface area contributed by atoms with E-state index in [0.717, 1.165) is 83.5 Å². The molecule has 0 aliphatic heterocycles. The summed E-state index contributed by atoms with van der Waals surface area (Å²) < 4.78 is 22.9. The molecule has 0 aliphatic carbocycles. The second-order valence-corrected chi connectivity index (χ2v) is 30.1. The van der Waals surface area contributed by atoms with Crippen LogP contribution in [0.5, 0.6) is 0 Å². The van der Waals surface area contributed by atoms with Crippen LogP contribution in [0.4, 0.5) is 0 Å². The maximum atomic E-state index is 13.0. The zero-order valence-corrected chi connectivity index (χ0v) is 67.0. The zero-order chi connectivity index (χ0) is 73.2. The topological polar surface area (TPSA) is 111 Å². The van der Waals surface area contributed by atoms with E-state index in [0.29, 0.717) is 23.9 Å². The quantitative estimate of drug-likeness (QED) is 0.0195. The SMILES string of the molecule is CC/C=C\C/C=C\C/C=C\C/C=C\C/C=C\C/C=C\CCCCCCCCCCCCCCCCCCCCC(=O)OC(COC(=O)CCCCCCCCCCCCCCCCCCCCCCCCCC/C=C\C/C=C\C/C=C\CCCCCCC)COC(OCC[N+](C)(C)C)C(=O)[O-]. The second kappa shape index (κ2) is 81.6. The largest absolute Gasteiger partial charge is 0.545 e. The third-order valence-corrected chi connectivity index (χ3v) is 19.0. The van der Waals surface area contributed by atoms with E-state index in [9.17, 15) is 19.5 Å². The number of hydrogen-bond acceptors (Lipinski definition) is 8. The van der Waals surface area contributed by atoms with Gasteiger partial charge >= 0.3 is 11.9 Å². The van der Waals surface area contributed by atoms with Crippen molar-refractivity contribution < 1.29 is 42.9 Å². The first-order valence-electron chi connectivity index (χ1n) is 43.0. The highest BCUT2D eigenvalue weighted by Gasteiger charge is 2.22. The Hall–Kier alpha value is -4.05. The van der Waals surface area contributed by atoms with Crippen LogP contribution in [0.25, 0.3) is 0 Å². The van der Waals surface area contributed by atoms with E-state index in [-0.39, 0.29) is 32.2 Å². The van der Waals surface area contributed by atoms with E-state index in [1.807, 2.05) is 21.1 Å². The van der Waals surface area contributed by atoms with Gasteiger partial charge in [-0.3, -0.25) is 9.59 Å². The molecular formula is C92H163NO8. The van der Waals surface area contributed by atoms with Crippen LogP contribution in [0.3, 0.4) is 0 Å². The van der Waals surface area contributed by atoms with Gasteiger partial charge in [0.1, 0.15) is 13.2 Å². The minimum absolute atomic E-state index is 0.147. The van der Waals surface area contributed by atoms with Crippen LogP contribution in [-0.2, 0) is 33.3 Å². The number of carbonyl (C=O) groups is 3. The molecule has 0 N–H and O–H groups in total. The molecule has 9 nitrogen and oxygen atoms in total. The van der Waals surface area contributed by atoms with Crippen molar-refractivity contribution in [3.8, 4) is 0 Å². The van der Waals surface area contributed by atoms with Gasteiger partial charge in [-0.05, 0) is 103 Å². The Morgan fingerprint density at radius 1 is 0.307 bits per heavy atom. The van der Waals surface area contributed by atoms with Crippen LogP contribution >= 0.6 is 0 Å². The molecule has 0 aliphatic rings. The third-order valence-electron chi connectivity index (χ3n) is 19.0. The lowest BCUT2D eigenvalue weighted by atomic mass is 10.0. The zero-order valence-electron chi connectivity index (χ0n) is 67.0. The summed E-state index contributed by atoms with van der Waals surface area (Å²) in [6, 6.07) is 0. The van der Waals surface area contributed by atoms with Crippen LogP contribution in [0, 0.1) is 0 Å². The maximum absolute atomic E-state index is 13.0. The van der Waals surface area contributed by atoms with Gasteiger partial charge in [0, 0.05) is 12.8 Å². The van der Waals surface area contributed by atoms with Crippen molar-refractivity contribution in [2.24, 2.45) is 0 Å². The molecule has 584 valence electrons. The molecular weight excluding hydrogens is 1250 g/mol. The van der Waals surface area contributed by atoms with Gasteiger partial charge in [-0.15, -0.1) is 0 Å². The summed E-state index contributed by atoms with van der Waals surface area (Å²) >= 11 is 0. The number of unbranched alkanes of at least 4 members (excludes halogenated alkanes) is 47. The van der Waals surface area contributed by atoms with Gasteiger partial charge in [-0.1, -0.05) is 393 Å². The van der Waals surface area contributed by atoms with Crippen LogP contribution in [0.1, 0.15) is 399 Å². The highest BCUT2D eigenvalue weighted by atomic mass is 16.7. The summed E-state index contributed by atoms with van der Waals surface area (Å²) in [5.41, 5.74) is 0. The number of carboxylic acid groups (broad SMARTS) is 1. The highest BCUT2D eigenvalue weighted by Crippen LogP contribution is 2.20. The Morgan fingerprint density at radius 2 is 0.564 bits per heavy atom. The van der Waals surface area contributed by atoms with Gasteiger partial charge in [0.25, 0.3) is 0 Å². The average Bonchev–Trinajstić information content (AvgIpc) is 1.25. The summed E-state index contributed by atoms with van der Waals surface area (Å²) in [4.78, 5) is 37.7. The molecule has 0 saturated heterocycles. The van der Waals surface area contributed by atoms with E-state index in [4.69, 9.17) is 18.9 Å². The van der Waals surface area contributed by atoms with Crippen molar-refractivity contribution in [1.82, 2.24) is 0 Å². The third kappa shape index (κ3) is 83.1. The normalized spacial score (nSPS) is 13.2. The van der Waals surface area contributed by atoms with Gasteiger partial charge in [-0.2, -0.15) is 0 Å². The van der Waals surface area contributed by atoms with E-state index in [1.54, 1.807) is 0 Å². The van der Waals surface area contributed by atoms with Crippen LogP contribution in [-0.4, -0.2) is 82.3 Å². The molecule has 0 aromatic carbocycles. The molecule has 0 aromatic heterocycles. The number of likely N-dealkylation sites (N-methyl/N-ethyl adjacent to an activating group) is 1. The first kappa shape index (κ1) is 97.0. The number of carbonyl (C=O) groups excluding carboxylic acids is 3. The Morgan fingerprint density at radius 3 is 0.842 bits per heavy atom. The first-order valence-corrected chi connectivity index (χ1v) is 43.0. The smallest absolute Gasteiger partial charge is 0.306 e. The molecule has 0 saturated carbocycles. The number of hydrogen-bond donors (Lipinski definition) is 0. The fraction of sp³-hybridized carbons (Fsp3) is 0.772. The molecule has 2 unspecified atom stereocenters. The Labute approximate surface area is 625 Å². The van der Waals surface area contributed by atoms with E-state index < -0.39 is 24.3 Å². The minimum Gasteiger partial charge on any atom is -0.545 e. The van der Waals surface area contributed by atoms with Crippen molar-refractivity contribution in [3.63, 3.8) is 0 Å². The van der Waals surface area contributed by atoms with Crippen LogP contribution in [0.2, 0.25) is 0 Å². The molecule has 0 bridgehead atoms. The molecule has 0 spiro atoms. The summed E-state index contributed by atoms with van der Waals surface area (Å²) in [5, 5.41) is 11.9. The number of nitrogens with zero attached hydrogens (tertiary/aromatic N) is 1. The highest BCUT2D eigenvalue weighted by molar-refractivity contribution is 5.70. The van der Waals surface area contributed by atoms with Gasteiger partial charge in [0.15, 0.2) is 12.4 Å². The fourth-order valence-corrected chi connectivity index (χ4v) is 12.5. The second-order valence-electron chi connectivity index (χ2n) is 30.1. The summed E-state index contributed by atoms with van der Waals surface area (Å²) in [6.07, 6.45) is 112. The number of allylic oxidation sites excluding steroid dienone is 18. The Bertz CT molecular complexity index is 2040. The minimum atomic E-state index is -1.62. The number of aliphatic carboxylic acids is 1. The fourth-order valence-electron chi connectivity index (χ4n) is 12.5. The molecule has 0 heterocycles. The molecule has 9 heteroatoms. The van der Waals surface area contributed by atoms with Crippen molar-refractivity contribution in [2.45, 2.75) is 411 Å². The molecule has 0 fully saturated rings. The predicted octanol–water partition coefficient (Wildman–Crippen LogP) is 26.7. The predicted molar refractivity (Wildman–Crippen MR) is 435 cm³/mol. The van der Waals surface area contributed by atoms with Crippen LogP contribution in [0.15, 0.2) is 109 Å². The number of rotatable bonds is 80. The number of carboxylic acids is 1. The van der Waals surface area contributed by atoms with E-state index >= 15 is 0 Å². The summed E-state index contributed by atoms with van der Waals surface area (Å²) in [5.74, 6) is -2.26. The standard InChI is InChI=1S/C92H163NO8/c1-6-8-10-12-14-16-18-20-22-24-26-28-30-32-34-36-38-40-42-44-45-47-48-50-52-54-56-58-60-62-64-66-68-70-72-74-76-78-80-82-89(94)99-86-88(87-100-92(91(96)97)98-85-84-93(3,4)5)101-90(95)83-81-79-77-75-73-71-69-67-65-63-61-59-57-55-53-51-49-46-43-41-39-37-35-33-31-29-27-25-23-21-19-17-15-13-11-9-7-2/h9,11,15,17-18,20-21,23-24,26-27,29-30,32-33,35,39,41,88,92H,6-8,10,12-14,16,19,22,25,28,31,34,36-38,40,42-87H2,1-5H3/b11-9-,17-15-,20-18-,23-21-,26-24-,29-27-,32-30-,35-33-,41-39-. The number of ether oxygens (including phenoxy) is 4. The lowest BCUT2D eigenvalue weighted by molar-refractivity contribution is -0.870. The summed E-state index contributed by atoms with van der Waals surface area (Å²) in [6.45, 7) is 4.67. The number of esters is 2. The van der Waals surface area contributed by atoms with Gasteiger partial charge in [0.2, 0.25) is 0 Å². The molecule has 2 atom stereocenters. The van der Waals surface area contributed by atoms with Crippen molar-refractivity contribution in [2.75, 3.05) is 47.5 Å². The van der Waals surface area contributed by atoms with Crippen LogP contribution < -0.4 is 5.11 Å². The van der Waals surface area contributed by atoms with Gasteiger partial charge < -0.3 is 33.3 Å².